The van der Waals surface area contributed by atoms with Crippen molar-refractivity contribution in [1.82, 2.24) is 4.98 Å². The second-order valence-electron chi connectivity index (χ2n) is 4.24. The van der Waals surface area contributed by atoms with E-state index in [9.17, 15) is 9.59 Å². The van der Waals surface area contributed by atoms with Gasteiger partial charge in [-0.1, -0.05) is 0 Å². The van der Waals surface area contributed by atoms with E-state index in [0.717, 1.165) is 4.47 Å². The van der Waals surface area contributed by atoms with Gasteiger partial charge in [0.05, 0.1) is 12.7 Å². The fourth-order valence-corrected chi connectivity index (χ4v) is 1.94. The summed E-state index contributed by atoms with van der Waals surface area (Å²) in [6.45, 7) is -0.161. The van der Waals surface area contributed by atoms with Gasteiger partial charge in [-0.15, -0.1) is 0 Å². The molecule has 1 aromatic heterocycles. The number of amides is 1. The van der Waals surface area contributed by atoms with Crippen LogP contribution in [-0.4, -0.2) is 30.6 Å². The van der Waals surface area contributed by atoms with E-state index in [1.807, 2.05) is 0 Å². The maximum atomic E-state index is 12.0. The number of hydrogen-bond donors (Lipinski definition) is 1. The molecule has 7 heteroatoms. The average Bonchev–Trinajstić information content (AvgIpc) is 2.53. The number of rotatable bonds is 5. The number of halogens is 1. The molecule has 0 aliphatic rings. The van der Waals surface area contributed by atoms with Crippen LogP contribution < -0.4 is 10.1 Å². The van der Waals surface area contributed by atoms with Gasteiger partial charge in [0, 0.05) is 22.6 Å². The molecule has 114 valence electrons. The first-order valence-electron chi connectivity index (χ1n) is 6.30. The highest BCUT2D eigenvalue weighted by molar-refractivity contribution is 9.10. The van der Waals surface area contributed by atoms with Gasteiger partial charge in [-0.25, -0.2) is 4.79 Å². The quantitative estimate of drug-likeness (QED) is 0.825. The van der Waals surface area contributed by atoms with Crippen LogP contribution in [0.1, 0.15) is 10.4 Å². The lowest BCUT2D eigenvalue weighted by Crippen LogP contribution is -2.13. The average molecular weight is 365 g/mol. The number of esters is 1. The van der Waals surface area contributed by atoms with Crippen molar-refractivity contribution in [2.24, 2.45) is 0 Å². The van der Waals surface area contributed by atoms with E-state index in [1.54, 1.807) is 36.5 Å². The van der Waals surface area contributed by atoms with Gasteiger partial charge in [0.25, 0.3) is 5.91 Å². The lowest BCUT2D eigenvalue weighted by molar-refractivity contribution is -0.142. The van der Waals surface area contributed by atoms with Crippen LogP contribution >= 0.6 is 15.9 Å². The number of carbonyl (C=O) groups is 2. The summed E-state index contributed by atoms with van der Waals surface area (Å²) >= 11 is 3.26. The van der Waals surface area contributed by atoms with Crippen molar-refractivity contribution in [1.29, 1.82) is 0 Å². The largest absolute Gasteiger partial charge is 0.482 e. The zero-order valence-electron chi connectivity index (χ0n) is 11.7. The summed E-state index contributed by atoms with van der Waals surface area (Å²) in [7, 11) is 1.29. The number of anilines is 1. The van der Waals surface area contributed by atoms with Crippen molar-refractivity contribution >= 4 is 33.5 Å². The number of nitrogens with one attached hydrogen (secondary N) is 1. The molecular formula is C15H13BrN2O4. The lowest BCUT2D eigenvalue weighted by Gasteiger charge is -2.07. The summed E-state index contributed by atoms with van der Waals surface area (Å²) in [5, 5.41) is 2.74. The predicted octanol–water partition coefficient (Wildman–Crippen LogP) is 2.65. The molecule has 1 N–H and O–H groups in total. The van der Waals surface area contributed by atoms with E-state index in [-0.39, 0.29) is 12.5 Å². The molecule has 2 rings (SSSR count). The number of hydrogen-bond acceptors (Lipinski definition) is 5. The highest BCUT2D eigenvalue weighted by atomic mass is 79.9. The Morgan fingerprint density at radius 3 is 2.59 bits per heavy atom. The fourth-order valence-electron chi connectivity index (χ4n) is 1.57. The molecular weight excluding hydrogens is 352 g/mol. The molecule has 1 aromatic carbocycles. The second-order valence-corrected chi connectivity index (χ2v) is 5.15. The Labute approximate surface area is 135 Å². The van der Waals surface area contributed by atoms with E-state index < -0.39 is 5.97 Å². The number of methoxy groups -OCH3 is 1. The first-order valence-corrected chi connectivity index (χ1v) is 7.09. The third-order valence-electron chi connectivity index (χ3n) is 2.66. The van der Waals surface area contributed by atoms with Crippen LogP contribution in [0.4, 0.5) is 5.69 Å². The number of benzene rings is 1. The van der Waals surface area contributed by atoms with Crippen molar-refractivity contribution in [2.45, 2.75) is 0 Å². The third-order valence-corrected chi connectivity index (χ3v) is 3.10. The van der Waals surface area contributed by atoms with Gasteiger partial charge < -0.3 is 14.8 Å². The number of carbonyl (C=O) groups excluding carboxylic acids is 2. The zero-order valence-corrected chi connectivity index (χ0v) is 13.3. The van der Waals surface area contributed by atoms with E-state index in [1.165, 1.54) is 13.3 Å². The lowest BCUT2D eigenvalue weighted by atomic mass is 10.2. The third kappa shape index (κ3) is 4.56. The van der Waals surface area contributed by atoms with Gasteiger partial charge >= 0.3 is 5.97 Å². The maximum Gasteiger partial charge on any atom is 0.343 e. The van der Waals surface area contributed by atoms with E-state index in [4.69, 9.17) is 4.74 Å². The van der Waals surface area contributed by atoms with Crippen molar-refractivity contribution in [3.8, 4) is 5.75 Å². The summed E-state index contributed by atoms with van der Waals surface area (Å²) in [6, 6.07) is 8.33. The summed E-state index contributed by atoms with van der Waals surface area (Å²) in [4.78, 5) is 26.9. The molecule has 1 amide bonds. The number of ether oxygens (including phenoxy) is 2. The Morgan fingerprint density at radius 2 is 1.95 bits per heavy atom. The van der Waals surface area contributed by atoms with Gasteiger partial charge in [-0.3, -0.25) is 9.78 Å². The maximum absolute atomic E-state index is 12.0. The molecule has 0 aliphatic heterocycles. The fraction of sp³-hybridized carbons (Fsp3) is 0.133. The van der Waals surface area contributed by atoms with Crippen LogP contribution in [0.15, 0.2) is 47.2 Å². The van der Waals surface area contributed by atoms with Crippen LogP contribution in [0.5, 0.6) is 5.75 Å². The number of nitrogens with zero attached hydrogens (tertiary/aromatic N) is 1. The first kappa shape index (κ1) is 16.0. The molecule has 2 aromatic rings. The normalized spacial score (nSPS) is 9.91. The minimum atomic E-state index is -0.459. The molecule has 6 nitrogen and oxygen atoms in total. The smallest absolute Gasteiger partial charge is 0.343 e. The summed E-state index contributed by atoms with van der Waals surface area (Å²) < 4.78 is 10.4. The van der Waals surface area contributed by atoms with Gasteiger partial charge in [0.1, 0.15) is 5.75 Å². The second kappa shape index (κ2) is 7.56. The molecule has 0 aliphatic carbocycles. The van der Waals surface area contributed by atoms with E-state index >= 15 is 0 Å². The number of aromatic nitrogens is 1. The Bertz CT molecular complexity index is 673. The number of pyridine rings is 1. The van der Waals surface area contributed by atoms with Crippen molar-refractivity contribution in [3.63, 3.8) is 0 Å². The van der Waals surface area contributed by atoms with Crippen LogP contribution in [0.3, 0.4) is 0 Å². The van der Waals surface area contributed by atoms with Gasteiger partial charge in [0.15, 0.2) is 6.61 Å². The van der Waals surface area contributed by atoms with Crippen molar-refractivity contribution < 1.29 is 19.1 Å². The van der Waals surface area contributed by atoms with Crippen LogP contribution in [0, 0.1) is 0 Å². The Kier molecular flexibility index (Phi) is 5.48. The van der Waals surface area contributed by atoms with Gasteiger partial charge in [-0.2, -0.15) is 0 Å². The van der Waals surface area contributed by atoms with Crippen LogP contribution in [-0.2, 0) is 9.53 Å². The molecule has 1 heterocycles. The first-order chi connectivity index (χ1) is 10.6. The molecule has 0 atom stereocenters. The highest BCUT2D eigenvalue weighted by Gasteiger charge is 2.07. The van der Waals surface area contributed by atoms with Gasteiger partial charge in [0.2, 0.25) is 0 Å². The monoisotopic (exact) mass is 364 g/mol. The van der Waals surface area contributed by atoms with Crippen molar-refractivity contribution in [3.05, 3.63) is 52.8 Å². The topological polar surface area (TPSA) is 77.5 Å². The minimum absolute atomic E-state index is 0.161. The predicted molar refractivity (Wildman–Crippen MR) is 83.8 cm³/mol. The van der Waals surface area contributed by atoms with Crippen LogP contribution in [0.2, 0.25) is 0 Å². The van der Waals surface area contributed by atoms with Crippen LogP contribution in [0.25, 0.3) is 0 Å². The standard InChI is InChI=1S/C15H13BrN2O4/c1-21-14(19)9-22-13-4-2-12(3-5-13)18-15(20)10-6-11(16)8-17-7-10/h2-8H,9H2,1H3,(H,18,20). The molecule has 0 saturated heterocycles. The highest BCUT2D eigenvalue weighted by Crippen LogP contribution is 2.17. The Hall–Kier alpha value is -2.41. The van der Waals surface area contributed by atoms with Crippen molar-refractivity contribution in [2.75, 3.05) is 19.0 Å². The summed E-state index contributed by atoms with van der Waals surface area (Å²) in [6.07, 6.45) is 3.08. The zero-order chi connectivity index (χ0) is 15.9. The Morgan fingerprint density at radius 1 is 1.23 bits per heavy atom. The minimum Gasteiger partial charge on any atom is -0.482 e. The van der Waals surface area contributed by atoms with Gasteiger partial charge in [-0.05, 0) is 46.3 Å². The summed E-state index contributed by atoms with van der Waals surface area (Å²) in [5.41, 5.74) is 1.05. The molecule has 0 spiro atoms. The Balaban J connectivity index is 1.96. The molecule has 0 fully saturated rings. The SMILES string of the molecule is COC(=O)COc1ccc(NC(=O)c2cncc(Br)c2)cc1. The summed E-state index contributed by atoms with van der Waals surface area (Å²) in [5.74, 6) is -0.218. The van der Waals surface area contributed by atoms with E-state index in [0.29, 0.717) is 17.0 Å². The molecule has 0 saturated carbocycles. The molecule has 0 unspecified atom stereocenters. The molecule has 0 bridgehead atoms. The molecule has 22 heavy (non-hydrogen) atoms. The molecule has 0 radical (unpaired) electrons. The van der Waals surface area contributed by atoms with E-state index in [2.05, 4.69) is 31.0 Å².